The van der Waals surface area contributed by atoms with Crippen LogP contribution >= 0.6 is 0 Å². The second-order valence-electron chi connectivity index (χ2n) is 6.26. The Morgan fingerprint density at radius 3 is 2.46 bits per heavy atom. The number of hydrogen-bond acceptors (Lipinski definition) is 5. The number of likely N-dealkylation sites (N-methyl/N-ethyl adjacent to an activating group) is 1. The van der Waals surface area contributed by atoms with Crippen LogP contribution in [0.25, 0.3) is 0 Å². The number of benzene rings is 2. The number of hydrogen-bond donors (Lipinski definition) is 1. The van der Waals surface area contributed by atoms with E-state index >= 15 is 0 Å². The van der Waals surface area contributed by atoms with E-state index in [1.807, 2.05) is 6.92 Å². The number of carboxylic acids is 1. The molecule has 0 saturated heterocycles. The Kier molecular flexibility index (Phi) is 5.89. The number of carbonyl (C=O) groups is 3. The van der Waals surface area contributed by atoms with E-state index in [-0.39, 0.29) is 35.4 Å². The highest BCUT2D eigenvalue weighted by atomic mass is 32.2. The maximum atomic E-state index is 12.5. The fourth-order valence-corrected chi connectivity index (χ4v) is 4.06. The fraction of sp³-hybridized carbons (Fsp3) is 0.250. The number of amides is 1. The first kappa shape index (κ1) is 19.8. The molecule has 28 heavy (non-hydrogen) atoms. The Bertz CT molecular complexity index is 954. The van der Waals surface area contributed by atoms with Crippen molar-refractivity contribution >= 4 is 34.1 Å². The van der Waals surface area contributed by atoms with E-state index in [9.17, 15) is 18.6 Å². The molecule has 0 saturated carbocycles. The zero-order chi connectivity index (χ0) is 20.3. The van der Waals surface area contributed by atoms with Gasteiger partial charge in [0.2, 0.25) is 0 Å². The van der Waals surface area contributed by atoms with Crippen LogP contribution < -0.4 is 9.64 Å². The largest absolute Gasteiger partial charge is 0.482 e. The Hall–Kier alpha value is -3.00. The highest BCUT2D eigenvalue weighted by Gasteiger charge is 2.25. The number of rotatable bonds is 7. The predicted octanol–water partition coefficient (Wildman–Crippen LogP) is 2.26. The van der Waals surface area contributed by atoms with Gasteiger partial charge in [-0.25, -0.2) is 4.79 Å². The number of carbonyl (C=O) groups excluding carboxylic acids is 2. The number of anilines is 1. The molecule has 7 nitrogen and oxygen atoms in total. The molecule has 8 heteroatoms. The van der Waals surface area contributed by atoms with Gasteiger partial charge < -0.3 is 14.7 Å². The van der Waals surface area contributed by atoms with E-state index in [0.29, 0.717) is 29.1 Å². The third kappa shape index (κ3) is 4.28. The van der Waals surface area contributed by atoms with Gasteiger partial charge in [0.1, 0.15) is 5.75 Å². The summed E-state index contributed by atoms with van der Waals surface area (Å²) in [5.74, 6) is -0.971. The molecule has 2 aromatic carbocycles. The van der Waals surface area contributed by atoms with Gasteiger partial charge in [-0.15, -0.1) is 0 Å². The summed E-state index contributed by atoms with van der Waals surface area (Å²) in [5, 5.41) is 8.90. The van der Waals surface area contributed by atoms with E-state index in [2.05, 4.69) is 0 Å². The van der Waals surface area contributed by atoms with Crippen molar-refractivity contribution in [1.82, 2.24) is 0 Å². The molecule has 1 atom stereocenters. The summed E-state index contributed by atoms with van der Waals surface area (Å²) in [5.41, 5.74) is 1.75. The second-order valence-corrected chi connectivity index (χ2v) is 7.72. The second kappa shape index (κ2) is 8.35. The first-order valence-corrected chi connectivity index (χ1v) is 10.2. The summed E-state index contributed by atoms with van der Waals surface area (Å²) >= 11 is 0. The normalized spacial score (nSPS) is 14.2. The smallest absolute Gasteiger partial charge is 0.335 e. The summed E-state index contributed by atoms with van der Waals surface area (Å²) in [7, 11) is -1.45. The Morgan fingerprint density at radius 2 is 1.82 bits per heavy atom. The third-order valence-electron chi connectivity index (χ3n) is 4.36. The number of ether oxygens (including phenoxy) is 1. The van der Waals surface area contributed by atoms with Gasteiger partial charge in [0.05, 0.1) is 17.0 Å². The molecule has 2 aromatic rings. The lowest BCUT2D eigenvalue weighted by Gasteiger charge is -2.28. The third-order valence-corrected chi connectivity index (χ3v) is 5.60. The molecule has 0 aromatic heterocycles. The summed E-state index contributed by atoms with van der Waals surface area (Å²) in [6, 6.07) is 10.9. The summed E-state index contributed by atoms with van der Waals surface area (Å²) in [6.07, 6.45) is 0. The molecule has 3 rings (SSSR count). The van der Waals surface area contributed by atoms with Crippen LogP contribution in [0.2, 0.25) is 0 Å². The van der Waals surface area contributed by atoms with E-state index in [0.717, 1.165) is 0 Å². The van der Waals surface area contributed by atoms with E-state index in [1.165, 1.54) is 12.1 Å². The van der Waals surface area contributed by atoms with Crippen LogP contribution in [-0.4, -0.2) is 45.9 Å². The van der Waals surface area contributed by atoms with Crippen LogP contribution in [0, 0.1) is 0 Å². The lowest BCUT2D eigenvalue weighted by Crippen LogP contribution is -2.38. The van der Waals surface area contributed by atoms with Gasteiger partial charge in [0.15, 0.2) is 12.4 Å². The molecule has 1 aliphatic heterocycles. The minimum Gasteiger partial charge on any atom is -0.482 e. The van der Waals surface area contributed by atoms with Gasteiger partial charge in [-0.3, -0.25) is 13.8 Å². The molecular weight excluding hydrogens is 382 g/mol. The number of Topliss-reactive ketones (excluding diaryl/α,β-unsaturated/α-hetero) is 1. The van der Waals surface area contributed by atoms with Gasteiger partial charge in [-0.2, -0.15) is 0 Å². The molecule has 146 valence electrons. The molecule has 0 aliphatic carbocycles. The molecule has 1 aliphatic rings. The average Bonchev–Trinajstić information content (AvgIpc) is 2.67. The zero-order valence-electron chi connectivity index (χ0n) is 15.2. The molecule has 0 bridgehead atoms. The lowest BCUT2D eigenvalue weighted by atomic mass is 10.1. The minimum absolute atomic E-state index is 0.0290. The number of fused-ring (bicyclic) bond motifs is 1. The number of aromatic carboxylic acids is 1. The van der Waals surface area contributed by atoms with Crippen LogP contribution in [0.4, 0.5) is 5.69 Å². The number of nitrogens with zero attached hydrogens (tertiary/aromatic N) is 1. The van der Waals surface area contributed by atoms with Crippen molar-refractivity contribution in [3.8, 4) is 5.75 Å². The average molecular weight is 401 g/mol. The van der Waals surface area contributed by atoms with Gasteiger partial charge in [-0.05, 0) is 42.8 Å². The summed E-state index contributed by atoms with van der Waals surface area (Å²) in [4.78, 5) is 36.9. The monoisotopic (exact) mass is 401 g/mol. The highest BCUT2D eigenvalue weighted by Crippen LogP contribution is 2.33. The van der Waals surface area contributed by atoms with Crippen molar-refractivity contribution in [2.45, 2.75) is 12.7 Å². The summed E-state index contributed by atoms with van der Waals surface area (Å²) in [6.45, 7) is 2.27. The summed E-state index contributed by atoms with van der Waals surface area (Å²) < 4.78 is 17.7. The van der Waals surface area contributed by atoms with Crippen LogP contribution in [0.15, 0.2) is 42.5 Å². The number of ketones is 1. The Morgan fingerprint density at radius 1 is 1.14 bits per heavy atom. The van der Waals surface area contributed by atoms with Crippen molar-refractivity contribution in [1.29, 1.82) is 0 Å². The highest BCUT2D eigenvalue weighted by molar-refractivity contribution is 7.85. The molecule has 0 radical (unpaired) electrons. The first-order chi connectivity index (χ1) is 13.4. The van der Waals surface area contributed by atoms with Crippen LogP contribution in [0.5, 0.6) is 5.75 Å². The van der Waals surface area contributed by atoms with E-state index < -0.39 is 16.8 Å². The van der Waals surface area contributed by atoms with E-state index in [1.54, 1.807) is 35.2 Å². The molecule has 0 spiro atoms. The SMILES string of the molecule is CCN1C(=O)COc2ccc(C(=O)CS(=O)Cc3ccc(C(=O)O)cc3)cc21. The lowest BCUT2D eigenvalue weighted by molar-refractivity contribution is -0.121. The van der Waals surface area contributed by atoms with Gasteiger partial charge in [0.25, 0.3) is 5.91 Å². The molecule has 0 fully saturated rings. The molecule has 1 heterocycles. The molecule has 1 unspecified atom stereocenters. The van der Waals surface area contributed by atoms with Crippen molar-refractivity contribution in [3.05, 3.63) is 59.2 Å². The first-order valence-electron chi connectivity index (χ1n) is 8.66. The minimum atomic E-state index is -1.45. The van der Waals surface area contributed by atoms with Gasteiger partial charge in [-0.1, -0.05) is 12.1 Å². The quantitative estimate of drug-likeness (QED) is 0.714. The Balaban J connectivity index is 1.69. The van der Waals surface area contributed by atoms with E-state index in [4.69, 9.17) is 9.84 Å². The van der Waals surface area contributed by atoms with Crippen molar-refractivity contribution in [2.75, 3.05) is 23.8 Å². The standard InChI is InChI=1S/C20H19NO6S/c1-2-21-16-9-15(7-8-18(16)27-10-19(21)23)17(22)12-28(26)11-13-3-5-14(6-4-13)20(24)25/h3-9H,2,10-12H2,1H3,(H,24,25). The molecular formula is C20H19NO6S. The fourth-order valence-electron chi connectivity index (χ4n) is 2.93. The van der Waals surface area contributed by atoms with Crippen molar-refractivity contribution < 1.29 is 28.4 Å². The van der Waals surface area contributed by atoms with Crippen molar-refractivity contribution in [2.24, 2.45) is 0 Å². The maximum absolute atomic E-state index is 12.5. The van der Waals surface area contributed by atoms with Crippen LogP contribution in [0.1, 0.15) is 33.2 Å². The topological polar surface area (TPSA) is 101 Å². The van der Waals surface area contributed by atoms with Gasteiger partial charge >= 0.3 is 5.97 Å². The van der Waals surface area contributed by atoms with Crippen molar-refractivity contribution in [3.63, 3.8) is 0 Å². The van der Waals surface area contributed by atoms with Crippen LogP contribution in [-0.2, 0) is 21.3 Å². The number of carboxylic acid groups (broad SMARTS) is 1. The zero-order valence-corrected chi connectivity index (χ0v) is 16.0. The Labute approximate surface area is 164 Å². The maximum Gasteiger partial charge on any atom is 0.335 e. The molecule has 1 amide bonds. The predicted molar refractivity (Wildman–Crippen MR) is 104 cm³/mol. The molecule has 1 N–H and O–H groups in total. The van der Waals surface area contributed by atoms with Crippen LogP contribution in [0.3, 0.4) is 0 Å². The van der Waals surface area contributed by atoms with Gasteiger partial charge in [0, 0.05) is 28.7 Å².